The molecule has 6 fully saturated rings. The van der Waals surface area contributed by atoms with E-state index in [1.165, 1.54) is 5.57 Å². The normalized spacial score (nSPS) is 43.4. The third kappa shape index (κ3) is 6.64. The van der Waals surface area contributed by atoms with Crippen molar-refractivity contribution in [1.29, 1.82) is 1.34 Å². The zero-order valence-electron chi connectivity index (χ0n) is 27.9. The molecule has 9 aliphatic rings. The van der Waals surface area contributed by atoms with Crippen LogP contribution in [-0.2, 0) is 41.1 Å². The Bertz CT molecular complexity index is 1480. The van der Waals surface area contributed by atoms with Crippen LogP contribution in [0.3, 0.4) is 0 Å². The number of aldehydes is 1. The van der Waals surface area contributed by atoms with E-state index in [2.05, 4.69) is 15.3 Å². The summed E-state index contributed by atoms with van der Waals surface area (Å²) in [5, 5.41) is 31.5. The van der Waals surface area contributed by atoms with Crippen molar-refractivity contribution in [3.05, 3.63) is 34.9 Å². The fourth-order valence-corrected chi connectivity index (χ4v) is 9.76. The van der Waals surface area contributed by atoms with Crippen molar-refractivity contribution in [2.45, 2.75) is 114 Å². The summed E-state index contributed by atoms with van der Waals surface area (Å²) < 4.78 is 37.7. The maximum atomic E-state index is 11.5. The zero-order chi connectivity index (χ0) is 35.2. The molecule has 2 radical (unpaired) electrons. The van der Waals surface area contributed by atoms with Gasteiger partial charge in [0.2, 0.25) is 0 Å². The summed E-state index contributed by atoms with van der Waals surface area (Å²) in [6.07, 6.45) is 12.9. The molecule has 3 saturated carbocycles. The van der Waals surface area contributed by atoms with Gasteiger partial charge in [-0.3, -0.25) is 14.4 Å². The monoisotopic (exact) mass is 975 g/mol. The number of hydrogen-bond donors (Lipinski definition) is 3. The van der Waals surface area contributed by atoms with Crippen LogP contribution < -0.4 is 0 Å². The molecule has 15 heteroatoms. The van der Waals surface area contributed by atoms with Crippen LogP contribution >= 0.6 is 0 Å². The summed E-state index contributed by atoms with van der Waals surface area (Å²) >= 11 is -1.62. The number of esters is 3. The first kappa shape index (κ1) is 40.2. The molecule has 3 N–H and O–H groups in total. The summed E-state index contributed by atoms with van der Waals surface area (Å²) in [7, 11) is 3.75. The molecule has 3 saturated heterocycles. The van der Waals surface area contributed by atoms with Gasteiger partial charge in [-0.05, 0) is 95.3 Å². The Kier molecular flexibility index (Phi) is 12.8. The second-order valence-electron chi connectivity index (χ2n) is 14.3. The Morgan fingerprint density at radius 3 is 1.86 bits per heavy atom. The number of carbonyl (C=O) groups excluding carboxylic acids is 4. The molecule has 3 heterocycles. The van der Waals surface area contributed by atoms with E-state index < -0.39 is 43.5 Å². The molecule has 12 atom stereocenters. The van der Waals surface area contributed by atoms with Gasteiger partial charge in [0.05, 0.1) is 5.57 Å². The Balaban J connectivity index is 0.000000187. The van der Waals surface area contributed by atoms with Crippen molar-refractivity contribution in [2.75, 3.05) is 0 Å². The smallest absolute Gasteiger partial charge is 0.0379 e. The third-order valence-electron chi connectivity index (χ3n) is 11.8. The Morgan fingerprint density at radius 1 is 0.816 bits per heavy atom. The second-order valence-corrected chi connectivity index (χ2v) is 14.6. The van der Waals surface area contributed by atoms with E-state index in [0.29, 0.717) is 29.9 Å². The van der Waals surface area contributed by atoms with E-state index in [4.69, 9.17) is 23.2 Å². The van der Waals surface area contributed by atoms with E-state index in [1.54, 1.807) is 6.08 Å². The molecule has 9 rings (SSSR count). The molecule has 0 amide bonds. The Hall–Kier alpha value is -1.58. The van der Waals surface area contributed by atoms with Crippen LogP contribution in [0.5, 0.6) is 0 Å². The van der Waals surface area contributed by atoms with Gasteiger partial charge in [0.15, 0.2) is 0 Å². The van der Waals surface area contributed by atoms with Crippen molar-refractivity contribution in [3.63, 3.8) is 0 Å². The standard InChI is InChI=1S/C11H12O4.2C11H14O3.CH4.BH.O2Se.U/c12-5-6-3-7-1-2-9-11(7,14)8(4-6)10(13)15-9;2*1-6-4-7-2-3-9-11(7,13)8(5-6)10(12)14-9;;;1-3-2;/h4-5,7-9,14H,1-3H2;5,7-9,13H,2-4H2,1H3;5-7,9,13H,2-4H2,1H3;1H4;1H;;/t2*7?,8?,9-,11+;6-,7?,9+,11-;;;;/m110..../s1/i;;;;1D;;. The third-order valence-corrected chi connectivity index (χ3v) is 11.8. The molecular formula is C34H45BO12SeU. The van der Waals surface area contributed by atoms with Crippen molar-refractivity contribution >= 4 is 47.4 Å². The minimum atomic E-state index is -1.62. The SMILES string of the molecule is C.CC1=CC2C(=O)O[C@@H]3CCC(C1)[C@]23O.C[C@@H]1C=C2C(=O)O[C@@H]3CCC(C1)[C@]23O.O=CC1=CC2C(=O)O[C@@H]3CCC(C1)[C@]23O.O=[Se]=O.[2H][B].[U]. The van der Waals surface area contributed by atoms with E-state index in [-0.39, 0.29) is 92.5 Å². The molecule has 5 unspecified atom stereocenters. The summed E-state index contributed by atoms with van der Waals surface area (Å²) in [4.78, 5) is 45.3. The number of allylic oxidation sites excluding steroid dienone is 3. The second kappa shape index (κ2) is 15.6. The summed E-state index contributed by atoms with van der Waals surface area (Å²) in [5.74, 6) is -1.08. The Morgan fingerprint density at radius 2 is 1.31 bits per heavy atom. The van der Waals surface area contributed by atoms with Crippen LogP contribution in [0.15, 0.2) is 34.9 Å². The van der Waals surface area contributed by atoms with Gasteiger partial charge in [0.25, 0.3) is 0 Å². The largest absolute Gasteiger partial charge is 0.0379 e. The van der Waals surface area contributed by atoms with Crippen molar-refractivity contribution in [3.8, 4) is 0 Å². The molecule has 266 valence electrons. The van der Waals surface area contributed by atoms with E-state index in [9.17, 15) is 34.5 Å². The molecule has 0 aromatic carbocycles. The van der Waals surface area contributed by atoms with E-state index in [1.807, 2.05) is 19.1 Å². The molecule has 0 aromatic rings. The van der Waals surface area contributed by atoms with Crippen LogP contribution in [0.1, 0.15) is 79.1 Å². The minimum Gasteiger partial charge on any atom is -0.0379 e. The van der Waals surface area contributed by atoms with Crippen molar-refractivity contribution in [2.24, 2.45) is 35.5 Å². The zero-order valence-corrected chi connectivity index (χ0v) is 32.7. The van der Waals surface area contributed by atoms with Crippen LogP contribution in [0.2, 0.25) is 0 Å². The fourth-order valence-electron chi connectivity index (χ4n) is 9.76. The number of carbonyl (C=O) groups is 4. The summed E-state index contributed by atoms with van der Waals surface area (Å²) in [6.45, 7) is 4.12. The van der Waals surface area contributed by atoms with Gasteiger partial charge < -0.3 is 29.5 Å². The van der Waals surface area contributed by atoms with Gasteiger partial charge in [-0.15, -0.1) is 0 Å². The van der Waals surface area contributed by atoms with Crippen molar-refractivity contribution < 1.29 is 87.5 Å². The first-order valence-corrected chi connectivity index (χ1v) is 17.5. The topological polar surface area (TPSA) is 191 Å². The maximum absolute atomic E-state index is 11.5. The molecule has 0 aromatic heterocycles. The van der Waals surface area contributed by atoms with E-state index >= 15 is 0 Å². The first-order chi connectivity index (χ1) is 22.8. The average Bonchev–Trinajstić information content (AvgIpc) is 3.84. The molecular weight excluding hydrogens is 928 g/mol. The van der Waals surface area contributed by atoms with Crippen LogP contribution in [0, 0.1) is 66.6 Å². The molecule has 12 nitrogen and oxygen atoms in total. The molecule has 49 heavy (non-hydrogen) atoms. The van der Waals surface area contributed by atoms with Gasteiger partial charge in [0, 0.05) is 39.5 Å². The maximum Gasteiger partial charge on any atom is 0.0379 e. The number of aliphatic hydroxyl groups is 3. The quantitative estimate of drug-likeness (QED) is 0.113. The van der Waals surface area contributed by atoms with Gasteiger partial charge in [-0.25, -0.2) is 4.79 Å². The number of rotatable bonds is 1. The van der Waals surface area contributed by atoms with Crippen molar-refractivity contribution in [1.82, 2.24) is 0 Å². The van der Waals surface area contributed by atoms with Crippen LogP contribution in [-0.4, -0.2) is 99.2 Å². The molecule has 6 aliphatic carbocycles. The average molecular weight is 975 g/mol. The minimum absolute atomic E-state index is 0. The molecule has 0 spiro atoms. The van der Waals surface area contributed by atoms with Crippen LogP contribution in [0.4, 0.5) is 0 Å². The van der Waals surface area contributed by atoms with Gasteiger partial charge in [-0.2, -0.15) is 0 Å². The van der Waals surface area contributed by atoms with Gasteiger partial charge in [-0.1, -0.05) is 38.2 Å². The van der Waals surface area contributed by atoms with E-state index in [0.717, 1.165) is 51.2 Å². The predicted octanol–water partition coefficient (Wildman–Crippen LogP) is 1.61. The fraction of sp³-hybridized carbons (Fsp3) is 0.706. The summed E-state index contributed by atoms with van der Waals surface area (Å²) in [6, 6.07) is 0. The predicted molar refractivity (Wildman–Crippen MR) is 170 cm³/mol. The molecule has 3 aliphatic heterocycles. The Labute approximate surface area is 319 Å². The van der Waals surface area contributed by atoms with Gasteiger partial charge in [0.1, 0.15) is 53.2 Å². The summed E-state index contributed by atoms with van der Waals surface area (Å²) in [5.41, 5.74) is -0.494. The number of hydrogen-bond acceptors (Lipinski definition) is 12. The van der Waals surface area contributed by atoms with Crippen LogP contribution in [0.25, 0.3) is 0 Å². The number of ether oxygens (including phenoxy) is 3. The van der Waals surface area contributed by atoms with Gasteiger partial charge >= 0.3 is 40.4 Å². The molecule has 0 bridgehead atoms. The first-order valence-electron chi connectivity index (χ1n) is 16.7.